The highest BCUT2D eigenvalue weighted by Gasteiger charge is 2.08. The molecule has 0 aliphatic heterocycles. The van der Waals surface area contributed by atoms with Crippen LogP contribution in [-0.2, 0) is 0 Å². The first kappa shape index (κ1) is 13.8. The van der Waals surface area contributed by atoms with Gasteiger partial charge in [-0.05, 0) is 31.3 Å². The molecule has 5 heteroatoms. The highest BCUT2D eigenvalue weighted by atomic mass is 35.5. The number of nitrogens with zero attached hydrogens (tertiary/aromatic N) is 2. The number of aliphatic hydroxyl groups is 1. The van der Waals surface area contributed by atoms with Gasteiger partial charge in [0.15, 0.2) is 0 Å². The van der Waals surface area contributed by atoms with Crippen molar-refractivity contribution in [3.05, 3.63) is 29.3 Å². The molecular weight excluding hydrogens is 240 g/mol. The third-order valence-corrected chi connectivity index (χ3v) is 2.37. The van der Waals surface area contributed by atoms with Gasteiger partial charge in [0.25, 0.3) is 0 Å². The van der Waals surface area contributed by atoms with E-state index >= 15 is 0 Å². The number of hydrogen-bond acceptors (Lipinski definition) is 4. The number of ether oxygens (including phenoxy) is 1. The zero-order valence-electron chi connectivity index (χ0n) is 9.64. The summed E-state index contributed by atoms with van der Waals surface area (Å²) in [6.45, 7) is 0.885. The van der Waals surface area contributed by atoms with Crippen molar-refractivity contribution in [1.29, 1.82) is 5.26 Å². The van der Waals surface area contributed by atoms with Crippen molar-refractivity contribution >= 4 is 11.6 Å². The molecule has 0 aliphatic carbocycles. The molecule has 92 valence electrons. The molecular formula is C12H15ClN2O2. The van der Waals surface area contributed by atoms with E-state index in [2.05, 4.69) is 0 Å². The van der Waals surface area contributed by atoms with E-state index in [1.165, 1.54) is 0 Å². The largest absolute Gasteiger partial charge is 0.491 e. The average molecular weight is 255 g/mol. The van der Waals surface area contributed by atoms with Gasteiger partial charge in [0.1, 0.15) is 18.5 Å². The molecule has 1 rings (SSSR count). The Balaban J connectivity index is 2.30. The molecule has 0 heterocycles. The fraction of sp³-hybridized carbons (Fsp3) is 0.417. The first-order valence-electron chi connectivity index (χ1n) is 5.23. The maximum Gasteiger partial charge on any atom is 0.119 e. The van der Waals surface area contributed by atoms with Crippen molar-refractivity contribution in [2.75, 3.05) is 26.7 Å². The van der Waals surface area contributed by atoms with Gasteiger partial charge in [-0.15, -0.1) is 0 Å². The van der Waals surface area contributed by atoms with E-state index in [-0.39, 0.29) is 13.2 Å². The Hall–Kier alpha value is -1.28. The Morgan fingerprint density at radius 1 is 1.47 bits per heavy atom. The van der Waals surface area contributed by atoms with Crippen molar-refractivity contribution in [3.8, 4) is 11.8 Å². The lowest BCUT2D eigenvalue weighted by molar-refractivity contribution is 0.0799. The number of rotatable bonds is 6. The number of nitriles is 1. The number of likely N-dealkylation sites (N-methyl/N-ethyl adjacent to an activating group) is 1. The lowest BCUT2D eigenvalue weighted by atomic mass is 10.3. The normalized spacial score (nSPS) is 12.2. The average Bonchev–Trinajstić information content (AvgIpc) is 2.28. The second-order valence-corrected chi connectivity index (χ2v) is 4.21. The van der Waals surface area contributed by atoms with Crippen molar-refractivity contribution in [2.45, 2.75) is 6.10 Å². The minimum Gasteiger partial charge on any atom is -0.491 e. The van der Waals surface area contributed by atoms with Crippen molar-refractivity contribution < 1.29 is 9.84 Å². The van der Waals surface area contributed by atoms with Gasteiger partial charge in [0.2, 0.25) is 0 Å². The number of benzene rings is 1. The van der Waals surface area contributed by atoms with Crippen LogP contribution in [0.5, 0.6) is 5.75 Å². The molecule has 0 aromatic heterocycles. The van der Waals surface area contributed by atoms with E-state index in [4.69, 9.17) is 21.6 Å². The molecule has 0 amide bonds. The van der Waals surface area contributed by atoms with Crippen LogP contribution in [0.4, 0.5) is 0 Å². The molecule has 1 aromatic carbocycles. The smallest absolute Gasteiger partial charge is 0.119 e. The first-order valence-corrected chi connectivity index (χ1v) is 5.61. The highest BCUT2D eigenvalue weighted by molar-refractivity contribution is 6.30. The van der Waals surface area contributed by atoms with Crippen molar-refractivity contribution in [2.24, 2.45) is 0 Å². The van der Waals surface area contributed by atoms with E-state index in [1.54, 1.807) is 36.2 Å². The predicted octanol–water partition coefficient (Wildman–Crippen LogP) is 1.54. The van der Waals surface area contributed by atoms with Crippen LogP contribution in [0.3, 0.4) is 0 Å². The van der Waals surface area contributed by atoms with Crippen molar-refractivity contribution in [1.82, 2.24) is 4.90 Å². The molecule has 4 nitrogen and oxygen atoms in total. The maximum atomic E-state index is 9.66. The monoisotopic (exact) mass is 254 g/mol. The SMILES string of the molecule is CN(CC#N)CC(O)COc1ccc(Cl)cc1. The minimum atomic E-state index is -0.621. The van der Waals surface area contributed by atoms with Gasteiger partial charge in [-0.25, -0.2) is 0 Å². The van der Waals surface area contributed by atoms with Gasteiger partial charge >= 0.3 is 0 Å². The molecule has 1 aromatic rings. The van der Waals surface area contributed by atoms with Crippen LogP contribution >= 0.6 is 11.6 Å². The molecule has 1 atom stereocenters. The van der Waals surface area contributed by atoms with E-state index in [0.717, 1.165) is 0 Å². The second kappa shape index (κ2) is 7.13. The molecule has 1 N–H and O–H groups in total. The van der Waals surface area contributed by atoms with E-state index < -0.39 is 6.10 Å². The zero-order chi connectivity index (χ0) is 12.7. The number of aliphatic hydroxyl groups excluding tert-OH is 1. The van der Waals surface area contributed by atoms with Crippen LogP contribution in [-0.4, -0.2) is 42.9 Å². The summed E-state index contributed by atoms with van der Waals surface area (Å²) in [6, 6.07) is 8.95. The summed E-state index contributed by atoms with van der Waals surface area (Å²) in [7, 11) is 1.77. The van der Waals surface area contributed by atoms with Gasteiger partial charge in [0.05, 0.1) is 12.6 Å². The van der Waals surface area contributed by atoms with Gasteiger partial charge in [0, 0.05) is 11.6 Å². The maximum absolute atomic E-state index is 9.66. The Morgan fingerprint density at radius 3 is 2.71 bits per heavy atom. The van der Waals surface area contributed by atoms with Gasteiger partial charge in [-0.1, -0.05) is 11.6 Å². The fourth-order valence-corrected chi connectivity index (χ4v) is 1.45. The Morgan fingerprint density at radius 2 is 2.12 bits per heavy atom. The highest BCUT2D eigenvalue weighted by Crippen LogP contribution is 2.15. The fourth-order valence-electron chi connectivity index (χ4n) is 1.32. The summed E-state index contributed by atoms with van der Waals surface area (Å²) in [5.74, 6) is 0.663. The van der Waals surface area contributed by atoms with Gasteiger partial charge in [-0.2, -0.15) is 5.26 Å². The molecule has 0 fully saturated rings. The molecule has 0 bridgehead atoms. The Kier molecular flexibility index (Phi) is 5.78. The van der Waals surface area contributed by atoms with Crippen LogP contribution in [0.15, 0.2) is 24.3 Å². The number of halogens is 1. The summed E-state index contributed by atoms with van der Waals surface area (Å²) >= 11 is 5.74. The third kappa shape index (κ3) is 5.55. The lowest BCUT2D eigenvalue weighted by Gasteiger charge is -2.18. The van der Waals surface area contributed by atoms with Gasteiger partial charge in [-0.3, -0.25) is 4.90 Å². The number of hydrogen-bond donors (Lipinski definition) is 1. The van der Waals surface area contributed by atoms with E-state index in [9.17, 15) is 5.11 Å². The molecule has 0 spiro atoms. The second-order valence-electron chi connectivity index (χ2n) is 3.77. The minimum absolute atomic E-state index is 0.192. The van der Waals surface area contributed by atoms with Crippen LogP contribution in [0.2, 0.25) is 5.02 Å². The van der Waals surface area contributed by atoms with E-state index in [0.29, 0.717) is 17.3 Å². The zero-order valence-corrected chi connectivity index (χ0v) is 10.4. The predicted molar refractivity (Wildman–Crippen MR) is 66.1 cm³/mol. The standard InChI is InChI=1S/C12H15ClN2O2/c1-15(7-6-14)8-11(16)9-17-12-4-2-10(13)3-5-12/h2-5,11,16H,7-9H2,1H3. The quantitative estimate of drug-likeness (QED) is 0.783. The summed E-state index contributed by atoms with van der Waals surface area (Å²) in [4.78, 5) is 1.73. The Bertz CT molecular complexity index is 375. The van der Waals surface area contributed by atoms with Crippen molar-refractivity contribution in [3.63, 3.8) is 0 Å². The molecule has 0 saturated heterocycles. The van der Waals surface area contributed by atoms with Crippen LogP contribution in [0.25, 0.3) is 0 Å². The molecule has 17 heavy (non-hydrogen) atoms. The summed E-state index contributed by atoms with van der Waals surface area (Å²) in [5.41, 5.74) is 0. The molecule has 1 unspecified atom stereocenters. The summed E-state index contributed by atoms with van der Waals surface area (Å²) in [6.07, 6.45) is -0.621. The summed E-state index contributed by atoms with van der Waals surface area (Å²) in [5, 5.41) is 18.8. The third-order valence-electron chi connectivity index (χ3n) is 2.12. The first-order chi connectivity index (χ1) is 8.11. The Labute approximate surface area is 106 Å². The summed E-state index contributed by atoms with van der Waals surface area (Å²) < 4.78 is 5.38. The molecule has 0 aliphatic rings. The van der Waals surface area contributed by atoms with Crippen LogP contribution in [0.1, 0.15) is 0 Å². The topological polar surface area (TPSA) is 56.5 Å². The van der Waals surface area contributed by atoms with Crippen LogP contribution in [0, 0.1) is 11.3 Å². The van der Waals surface area contributed by atoms with Gasteiger partial charge < -0.3 is 9.84 Å². The van der Waals surface area contributed by atoms with Crippen LogP contribution < -0.4 is 4.74 Å². The lowest BCUT2D eigenvalue weighted by Crippen LogP contribution is -2.33. The molecule has 0 saturated carbocycles. The van der Waals surface area contributed by atoms with E-state index in [1.807, 2.05) is 6.07 Å². The molecule has 0 radical (unpaired) electrons.